The van der Waals surface area contributed by atoms with Crippen molar-refractivity contribution < 1.29 is 20.1 Å². The molecule has 0 amide bonds. The fraction of sp³-hybridized carbons (Fsp3) is 0.158. The van der Waals surface area contributed by atoms with Crippen LogP contribution in [-0.4, -0.2) is 29.3 Å². The molecule has 25 heavy (non-hydrogen) atoms. The standard InChI is InChI=1S/C19H18N2O4/c22-17(12-20-15-7-4-8-16(11-15)21(23)24)13-25-19-10-3-6-14-5-1-2-9-18(14)19/h1-11,17,20,22H,12-13H2/p+1. The van der Waals surface area contributed by atoms with E-state index < -0.39 is 11.0 Å². The monoisotopic (exact) mass is 339 g/mol. The summed E-state index contributed by atoms with van der Waals surface area (Å²) >= 11 is 0. The van der Waals surface area contributed by atoms with Gasteiger partial charge in [-0.1, -0.05) is 36.4 Å². The van der Waals surface area contributed by atoms with Crippen molar-refractivity contribution in [1.82, 2.24) is 0 Å². The lowest BCUT2D eigenvalue weighted by atomic mass is 10.1. The van der Waals surface area contributed by atoms with E-state index in [1.165, 1.54) is 12.1 Å². The third-order valence-electron chi connectivity index (χ3n) is 3.89. The minimum Gasteiger partial charge on any atom is -0.490 e. The molecule has 0 aromatic heterocycles. The molecule has 0 aliphatic carbocycles. The highest BCUT2D eigenvalue weighted by atomic mass is 16.6. The highest BCUT2D eigenvalue weighted by Crippen LogP contribution is 2.25. The van der Waals surface area contributed by atoms with Gasteiger partial charge in [0.25, 0.3) is 5.69 Å². The number of aliphatic hydroxyl groups is 1. The highest BCUT2D eigenvalue weighted by molar-refractivity contribution is 5.88. The van der Waals surface area contributed by atoms with Crippen molar-refractivity contribution in [2.45, 2.75) is 6.10 Å². The first-order valence-corrected chi connectivity index (χ1v) is 8.00. The zero-order chi connectivity index (χ0) is 17.6. The Balaban J connectivity index is 1.57. The van der Waals surface area contributed by atoms with E-state index in [9.17, 15) is 15.2 Å². The molecule has 3 aromatic carbocycles. The molecule has 1 unspecified atom stereocenters. The molecule has 0 aliphatic heterocycles. The van der Waals surface area contributed by atoms with Gasteiger partial charge < -0.3 is 15.2 Å². The van der Waals surface area contributed by atoms with Gasteiger partial charge in [-0.25, -0.2) is 0 Å². The maximum atomic E-state index is 10.8. The van der Waals surface area contributed by atoms with Crippen LogP contribution in [0.15, 0.2) is 66.7 Å². The van der Waals surface area contributed by atoms with Crippen LogP contribution in [0.2, 0.25) is 0 Å². The Bertz CT molecular complexity index is 877. The Morgan fingerprint density at radius 1 is 1.08 bits per heavy atom. The summed E-state index contributed by atoms with van der Waals surface area (Å²) in [5, 5.41) is 24.8. The summed E-state index contributed by atoms with van der Waals surface area (Å²) in [4.78, 5) is 10.3. The summed E-state index contributed by atoms with van der Waals surface area (Å²) in [6.07, 6.45) is -0.696. The van der Waals surface area contributed by atoms with Crippen molar-refractivity contribution >= 4 is 22.1 Å². The molecule has 0 spiro atoms. The summed E-state index contributed by atoms with van der Waals surface area (Å²) in [5.41, 5.74) is 0.744. The van der Waals surface area contributed by atoms with Crippen LogP contribution in [0.1, 0.15) is 0 Å². The molecule has 0 fully saturated rings. The van der Waals surface area contributed by atoms with Crippen LogP contribution in [0.25, 0.3) is 10.8 Å². The van der Waals surface area contributed by atoms with Gasteiger partial charge in [-0.05, 0) is 23.6 Å². The molecule has 3 rings (SSSR count). The molecular formula is C19H19N2O4+. The number of nitro benzene ring substituents is 1. The molecule has 0 saturated carbocycles. The van der Waals surface area contributed by atoms with Crippen LogP contribution in [-0.2, 0) is 0 Å². The molecule has 0 bridgehead atoms. The van der Waals surface area contributed by atoms with Gasteiger partial charge in [0, 0.05) is 11.5 Å². The largest absolute Gasteiger partial charge is 0.490 e. The average molecular weight is 339 g/mol. The first-order chi connectivity index (χ1) is 12.1. The number of nitrogens with two attached hydrogens (primary N) is 1. The summed E-state index contributed by atoms with van der Waals surface area (Å²) in [7, 11) is 0. The van der Waals surface area contributed by atoms with Gasteiger partial charge in [0.05, 0.1) is 11.0 Å². The van der Waals surface area contributed by atoms with Crippen LogP contribution in [0.4, 0.5) is 11.4 Å². The SMILES string of the molecule is O=[N+]([O-])c1cccc([NH2+]CC(O)COc2cccc3ccccc23)c1. The molecule has 128 valence electrons. The van der Waals surface area contributed by atoms with Gasteiger partial charge in [-0.15, -0.1) is 0 Å². The van der Waals surface area contributed by atoms with Crippen molar-refractivity contribution in [2.24, 2.45) is 0 Å². The van der Waals surface area contributed by atoms with Gasteiger partial charge in [-0.2, -0.15) is 0 Å². The maximum Gasteiger partial charge on any atom is 0.275 e. The summed E-state index contributed by atoms with van der Waals surface area (Å²) < 4.78 is 5.75. The molecule has 6 heteroatoms. The van der Waals surface area contributed by atoms with Gasteiger partial charge in [0.1, 0.15) is 30.7 Å². The zero-order valence-corrected chi connectivity index (χ0v) is 13.5. The number of benzene rings is 3. The molecule has 3 aromatic rings. The van der Waals surface area contributed by atoms with E-state index in [4.69, 9.17) is 4.74 Å². The molecule has 0 saturated heterocycles. The predicted octanol–water partition coefficient (Wildman–Crippen LogP) is 2.38. The van der Waals surface area contributed by atoms with Crippen LogP contribution < -0.4 is 10.1 Å². The third kappa shape index (κ3) is 4.32. The zero-order valence-electron chi connectivity index (χ0n) is 13.5. The van der Waals surface area contributed by atoms with E-state index >= 15 is 0 Å². The fourth-order valence-electron chi connectivity index (χ4n) is 2.61. The van der Waals surface area contributed by atoms with E-state index in [0.29, 0.717) is 12.2 Å². The van der Waals surface area contributed by atoms with Crippen LogP contribution >= 0.6 is 0 Å². The number of fused-ring (bicyclic) bond motifs is 1. The van der Waals surface area contributed by atoms with Crippen molar-refractivity contribution in [3.63, 3.8) is 0 Å². The third-order valence-corrected chi connectivity index (χ3v) is 3.89. The van der Waals surface area contributed by atoms with Gasteiger partial charge in [-0.3, -0.25) is 10.1 Å². The summed E-state index contributed by atoms with van der Waals surface area (Å²) in [6, 6.07) is 20.0. The highest BCUT2D eigenvalue weighted by Gasteiger charge is 2.12. The van der Waals surface area contributed by atoms with E-state index in [0.717, 1.165) is 16.5 Å². The molecule has 1 atom stereocenters. The second-order valence-electron chi connectivity index (χ2n) is 5.73. The molecular weight excluding hydrogens is 320 g/mol. The number of ether oxygens (including phenoxy) is 1. The number of hydrogen-bond donors (Lipinski definition) is 2. The Morgan fingerprint density at radius 3 is 2.68 bits per heavy atom. The normalized spacial score (nSPS) is 12.0. The average Bonchev–Trinajstić information content (AvgIpc) is 2.65. The van der Waals surface area contributed by atoms with Gasteiger partial charge >= 0.3 is 0 Å². The lowest BCUT2D eigenvalue weighted by Gasteiger charge is -2.13. The Labute approximate surface area is 144 Å². The fourth-order valence-corrected chi connectivity index (χ4v) is 2.61. The molecule has 0 heterocycles. The lowest BCUT2D eigenvalue weighted by Crippen LogP contribution is -2.80. The second kappa shape index (κ2) is 7.74. The van der Waals surface area contributed by atoms with Gasteiger partial charge in [0.2, 0.25) is 0 Å². The number of nitrogens with zero attached hydrogens (tertiary/aromatic N) is 1. The molecule has 0 radical (unpaired) electrons. The topological polar surface area (TPSA) is 89.2 Å². The van der Waals surface area contributed by atoms with Crippen molar-refractivity contribution in [2.75, 3.05) is 13.2 Å². The molecule has 0 aliphatic rings. The predicted molar refractivity (Wildman–Crippen MR) is 95.0 cm³/mol. The Hall–Kier alpha value is -2.96. The lowest BCUT2D eigenvalue weighted by molar-refractivity contribution is -0.580. The number of aliphatic hydroxyl groups excluding tert-OH is 1. The summed E-state index contributed by atoms with van der Waals surface area (Å²) in [5.74, 6) is 0.729. The first-order valence-electron chi connectivity index (χ1n) is 8.00. The quantitative estimate of drug-likeness (QED) is 0.393. The number of quaternary nitrogens is 1. The van der Waals surface area contributed by atoms with Gasteiger partial charge in [0.15, 0.2) is 0 Å². The van der Waals surface area contributed by atoms with Crippen molar-refractivity contribution in [3.05, 3.63) is 76.8 Å². The Kier molecular flexibility index (Phi) is 5.23. The second-order valence-corrected chi connectivity index (χ2v) is 5.73. The van der Waals surface area contributed by atoms with E-state index in [1.54, 1.807) is 17.4 Å². The van der Waals surface area contributed by atoms with E-state index in [1.807, 2.05) is 42.5 Å². The first kappa shape index (κ1) is 16.9. The smallest absolute Gasteiger partial charge is 0.275 e. The van der Waals surface area contributed by atoms with E-state index in [2.05, 4.69) is 0 Å². The van der Waals surface area contributed by atoms with Crippen molar-refractivity contribution in [1.29, 1.82) is 0 Å². The maximum absolute atomic E-state index is 10.8. The number of nitro groups is 1. The number of hydrogen-bond acceptors (Lipinski definition) is 4. The van der Waals surface area contributed by atoms with Crippen molar-refractivity contribution in [3.8, 4) is 5.75 Å². The van der Waals surface area contributed by atoms with Crippen LogP contribution in [0.5, 0.6) is 5.75 Å². The minimum absolute atomic E-state index is 0.0373. The Morgan fingerprint density at radius 2 is 1.84 bits per heavy atom. The number of rotatable bonds is 7. The molecule has 6 nitrogen and oxygen atoms in total. The summed E-state index contributed by atoms with van der Waals surface area (Å²) in [6.45, 7) is 0.505. The minimum atomic E-state index is -0.696. The van der Waals surface area contributed by atoms with Crippen LogP contribution in [0, 0.1) is 10.1 Å². The van der Waals surface area contributed by atoms with E-state index in [-0.39, 0.29) is 12.3 Å². The van der Waals surface area contributed by atoms with Crippen LogP contribution in [0.3, 0.4) is 0 Å². The number of non-ortho nitro benzene ring substituents is 1. The molecule has 3 N–H and O–H groups in total.